The third-order valence-corrected chi connectivity index (χ3v) is 13.4. The Hall–Kier alpha value is -2.49. The molecule has 0 radical (unpaired) electrons. The highest BCUT2D eigenvalue weighted by Gasteiger charge is 2.54. The first-order valence-corrected chi connectivity index (χ1v) is 19.8. The first-order chi connectivity index (χ1) is 22.3. The van der Waals surface area contributed by atoms with E-state index in [1.807, 2.05) is 0 Å². The number of halogens is 1. The number of ether oxygens (including phenoxy) is 2. The predicted octanol–water partition coefficient (Wildman–Crippen LogP) is 2.43. The van der Waals surface area contributed by atoms with E-state index >= 15 is 4.39 Å². The predicted molar refractivity (Wildman–Crippen MR) is 167 cm³/mol. The SMILES string of the molecule is CC(C)SP1(=O)OC[C@H]2O[C@@H](n3cnc4c(N)ncnc43)[C@H](F)[C@@H]2OP(=O)(S)OC[C@H]2O[C@@H](n3cnc4c(N)ncnc43)[C@H](O)[C@@H]2O1. The van der Waals surface area contributed by atoms with E-state index in [0.717, 1.165) is 11.4 Å². The molecule has 2 unspecified atom stereocenters. The molecule has 0 aliphatic carbocycles. The molecule has 4 aromatic rings. The van der Waals surface area contributed by atoms with E-state index < -0.39 is 76.0 Å². The van der Waals surface area contributed by atoms with Crippen LogP contribution in [0, 0.1) is 0 Å². The van der Waals surface area contributed by atoms with E-state index in [0.29, 0.717) is 0 Å². The Bertz CT molecular complexity index is 1910. The molecule has 4 aromatic heterocycles. The number of aromatic nitrogens is 8. The maximum absolute atomic E-state index is 16.2. The van der Waals surface area contributed by atoms with Crippen LogP contribution in [0.3, 0.4) is 0 Å². The molecular weight excluding hydrogens is 705 g/mol. The fraction of sp³-hybridized carbons (Fsp3) is 0.565. The molecule has 3 aliphatic rings. The summed E-state index contributed by atoms with van der Waals surface area (Å²) in [6, 6.07) is 0. The summed E-state index contributed by atoms with van der Waals surface area (Å²) < 4.78 is 81.8. The van der Waals surface area contributed by atoms with Gasteiger partial charge in [0.2, 0.25) is 0 Å². The van der Waals surface area contributed by atoms with Crippen molar-refractivity contribution in [3.63, 3.8) is 0 Å². The molecule has 47 heavy (non-hydrogen) atoms. The van der Waals surface area contributed by atoms with Crippen molar-refractivity contribution in [1.82, 2.24) is 39.0 Å². The minimum absolute atomic E-state index is 0.0705. The highest BCUT2D eigenvalue weighted by molar-refractivity contribution is 8.55. The van der Waals surface area contributed by atoms with E-state index in [-0.39, 0.29) is 39.2 Å². The molecule has 3 aliphatic heterocycles. The molecule has 0 spiro atoms. The summed E-state index contributed by atoms with van der Waals surface area (Å²) in [5, 5.41) is 11.2. The average molecular weight is 735 g/mol. The Kier molecular flexibility index (Phi) is 8.74. The largest absolute Gasteiger partial charge is 0.389 e. The molecule has 10 atom stereocenters. The third-order valence-electron chi connectivity index (χ3n) is 7.54. The fourth-order valence-corrected chi connectivity index (χ4v) is 10.9. The van der Waals surface area contributed by atoms with Crippen LogP contribution in [0.1, 0.15) is 26.3 Å². The van der Waals surface area contributed by atoms with E-state index in [9.17, 15) is 14.2 Å². The summed E-state index contributed by atoms with van der Waals surface area (Å²) in [5.41, 5.74) is 12.7. The van der Waals surface area contributed by atoms with Crippen LogP contribution in [0.2, 0.25) is 0 Å². The van der Waals surface area contributed by atoms with Crippen molar-refractivity contribution in [2.75, 3.05) is 24.7 Å². The van der Waals surface area contributed by atoms with Crippen LogP contribution in [-0.2, 0) is 36.7 Å². The van der Waals surface area contributed by atoms with Gasteiger partial charge in [0.15, 0.2) is 41.6 Å². The van der Waals surface area contributed by atoms with Crippen molar-refractivity contribution in [2.24, 2.45) is 0 Å². The van der Waals surface area contributed by atoms with Gasteiger partial charge in [0, 0.05) is 5.25 Å². The van der Waals surface area contributed by atoms with Crippen LogP contribution in [0.4, 0.5) is 16.0 Å². The lowest BCUT2D eigenvalue weighted by Gasteiger charge is -2.30. The van der Waals surface area contributed by atoms with Gasteiger partial charge in [-0.15, -0.1) is 0 Å². The van der Waals surface area contributed by atoms with Gasteiger partial charge in [-0.1, -0.05) is 26.1 Å². The van der Waals surface area contributed by atoms with Crippen molar-refractivity contribution in [3.05, 3.63) is 25.3 Å². The van der Waals surface area contributed by atoms with Gasteiger partial charge >= 0.3 is 13.6 Å². The number of nitrogen functional groups attached to an aromatic ring is 2. The Morgan fingerprint density at radius 1 is 0.894 bits per heavy atom. The third kappa shape index (κ3) is 6.14. The lowest BCUT2D eigenvalue weighted by Crippen LogP contribution is -2.38. The maximum atomic E-state index is 16.2. The summed E-state index contributed by atoms with van der Waals surface area (Å²) in [7, 11) is 0. The summed E-state index contributed by atoms with van der Waals surface area (Å²) in [4.78, 5) is 24.5. The van der Waals surface area contributed by atoms with Crippen molar-refractivity contribution in [2.45, 2.75) is 68.2 Å². The Morgan fingerprint density at radius 2 is 1.45 bits per heavy atom. The number of alkyl halides is 1. The Morgan fingerprint density at radius 3 is 2.06 bits per heavy atom. The highest BCUT2D eigenvalue weighted by Crippen LogP contribution is 2.65. The van der Waals surface area contributed by atoms with Gasteiger partial charge in [-0.2, -0.15) is 0 Å². The Balaban J connectivity index is 1.20. The summed E-state index contributed by atoms with van der Waals surface area (Å²) in [6.07, 6.45) is -6.52. The quantitative estimate of drug-likeness (QED) is 0.174. The van der Waals surface area contributed by atoms with Gasteiger partial charge in [0.1, 0.15) is 54.2 Å². The van der Waals surface area contributed by atoms with Crippen molar-refractivity contribution in [1.29, 1.82) is 0 Å². The minimum atomic E-state index is -4.35. The van der Waals surface area contributed by atoms with Crippen molar-refractivity contribution < 1.29 is 46.2 Å². The second-order valence-corrected chi connectivity index (χ2v) is 18.4. The molecule has 254 valence electrons. The first-order valence-electron chi connectivity index (χ1n) is 14.1. The smallest absolute Gasteiger partial charge is 0.386 e. The van der Waals surface area contributed by atoms with Crippen LogP contribution in [0.5, 0.6) is 0 Å². The van der Waals surface area contributed by atoms with Crippen LogP contribution >= 0.6 is 37.2 Å². The molecule has 0 aromatic carbocycles. The number of thiol groups is 1. The van der Waals surface area contributed by atoms with Crippen LogP contribution in [0.15, 0.2) is 25.3 Å². The van der Waals surface area contributed by atoms with Crippen LogP contribution in [-0.4, -0.2) is 99.3 Å². The van der Waals surface area contributed by atoms with E-state index in [2.05, 4.69) is 42.2 Å². The zero-order valence-corrected chi connectivity index (χ0v) is 28.0. The number of aliphatic hydroxyl groups is 1. The lowest BCUT2D eigenvalue weighted by atomic mass is 10.1. The molecule has 7 rings (SSSR count). The number of nitrogens with two attached hydrogens (primary N) is 2. The van der Waals surface area contributed by atoms with E-state index in [1.54, 1.807) is 13.8 Å². The topological polar surface area (TPSA) is 249 Å². The van der Waals surface area contributed by atoms with Gasteiger partial charge < -0.3 is 26.0 Å². The molecule has 0 bridgehead atoms. The molecule has 7 heterocycles. The van der Waals surface area contributed by atoms with Gasteiger partial charge in [0.05, 0.1) is 25.9 Å². The molecule has 3 saturated heterocycles. The van der Waals surface area contributed by atoms with Gasteiger partial charge in [0.25, 0.3) is 0 Å². The number of fused-ring (bicyclic) bond motifs is 4. The van der Waals surface area contributed by atoms with Crippen molar-refractivity contribution >= 4 is 71.2 Å². The molecule has 3 fully saturated rings. The summed E-state index contributed by atoms with van der Waals surface area (Å²) in [6.45, 7) is -6.08. The number of hydrogen-bond donors (Lipinski definition) is 4. The van der Waals surface area contributed by atoms with E-state index in [1.165, 1.54) is 34.4 Å². The monoisotopic (exact) mass is 734 g/mol. The number of nitrogens with zero attached hydrogens (tertiary/aromatic N) is 8. The number of hydrogen-bond acceptors (Lipinski definition) is 18. The molecule has 5 N–H and O–H groups in total. The number of imidazole rings is 2. The number of rotatable bonds is 4. The highest BCUT2D eigenvalue weighted by atomic mass is 32.7. The lowest BCUT2D eigenvalue weighted by molar-refractivity contribution is -0.0555. The molecular formula is C23H29FN10O9P2S2. The zero-order chi connectivity index (χ0) is 33.2. The van der Waals surface area contributed by atoms with Gasteiger partial charge in [-0.3, -0.25) is 27.2 Å². The number of aliphatic hydroxyl groups excluding tert-OH is 1. The average Bonchev–Trinajstić information content (AvgIpc) is 3.77. The molecule has 19 nitrogen and oxygen atoms in total. The summed E-state index contributed by atoms with van der Waals surface area (Å²) in [5.74, 6) is 0.174. The number of anilines is 2. The van der Waals surface area contributed by atoms with E-state index in [4.69, 9.17) is 39.0 Å². The van der Waals surface area contributed by atoms with Gasteiger partial charge in [-0.25, -0.2) is 43.4 Å². The van der Waals surface area contributed by atoms with Crippen LogP contribution in [0.25, 0.3) is 22.3 Å². The summed E-state index contributed by atoms with van der Waals surface area (Å²) >= 11 is 4.94. The maximum Gasteiger partial charge on any atom is 0.389 e. The molecule has 24 heteroatoms. The second kappa shape index (κ2) is 12.4. The zero-order valence-electron chi connectivity index (χ0n) is 24.5. The van der Waals surface area contributed by atoms with Gasteiger partial charge in [-0.05, 0) is 11.4 Å². The fourth-order valence-electron chi connectivity index (χ4n) is 5.51. The Labute approximate surface area is 274 Å². The van der Waals surface area contributed by atoms with Crippen LogP contribution < -0.4 is 11.5 Å². The standard InChI is InChI=1S/C23H29FN10O9P2S2/c1-9(2)47-45(37)39-4-10-16(12(24)22(40-10)33-7-31-13-18(25)27-5-29-20(13)33)42-44(36,46)38-3-11-17(43-45)15(35)23(41-11)34-8-32-14-19(26)28-6-30-21(14)34/h5-12,15-17,22-23,35H,3-4H2,1-2H3,(H,36,46)(H2,25,27,29)(H2,26,28,30)/t10-,11-,12-,15-,16-,17-,22-,23-,44?,45?/m1/s1. The second-order valence-electron chi connectivity index (χ2n) is 11.0. The molecule has 0 saturated carbocycles. The minimum Gasteiger partial charge on any atom is -0.386 e. The molecule has 0 amide bonds. The first kappa shape index (κ1) is 33.0. The normalized spacial score (nSPS) is 36.7. The van der Waals surface area contributed by atoms with Crippen molar-refractivity contribution in [3.8, 4) is 0 Å².